The van der Waals surface area contributed by atoms with Crippen LogP contribution in [0.4, 0.5) is 19.1 Å². The van der Waals surface area contributed by atoms with Crippen molar-refractivity contribution in [2.45, 2.75) is 63.3 Å². The lowest BCUT2D eigenvalue weighted by Gasteiger charge is -2.34. The molecular weight excluding hydrogens is 768 g/mol. The first-order chi connectivity index (χ1) is 28.4. The van der Waals surface area contributed by atoms with E-state index in [2.05, 4.69) is 27.0 Å². The van der Waals surface area contributed by atoms with Crippen LogP contribution in [0.25, 0.3) is 11.0 Å². The van der Waals surface area contributed by atoms with Crippen molar-refractivity contribution in [3.05, 3.63) is 101 Å². The van der Waals surface area contributed by atoms with Crippen LogP contribution in [0.15, 0.2) is 72.9 Å². The van der Waals surface area contributed by atoms with Gasteiger partial charge in [-0.15, -0.1) is 0 Å². The van der Waals surface area contributed by atoms with Gasteiger partial charge >= 0.3 is 6.18 Å². The van der Waals surface area contributed by atoms with Gasteiger partial charge in [0.05, 0.1) is 27.7 Å². The number of anilines is 1. The minimum absolute atomic E-state index is 0.000224. The Morgan fingerprint density at radius 1 is 0.915 bits per heavy atom. The van der Waals surface area contributed by atoms with E-state index in [1.165, 1.54) is 12.1 Å². The van der Waals surface area contributed by atoms with Crippen LogP contribution >= 0.6 is 0 Å². The van der Waals surface area contributed by atoms with Crippen molar-refractivity contribution in [1.82, 2.24) is 29.6 Å². The summed E-state index contributed by atoms with van der Waals surface area (Å²) in [6, 6.07) is 14.3. The number of amides is 4. The third kappa shape index (κ3) is 8.47. The number of aromatic nitrogens is 2. The number of imide groups is 1. The van der Waals surface area contributed by atoms with E-state index in [1.807, 2.05) is 22.8 Å². The Morgan fingerprint density at radius 2 is 1.66 bits per heavy atom. The highest BCUT2D eigenvalue weighted by molar-refractivity contribution is 6.23. The number of carbonyl (C=O) groups excluding carboxylic acids is 4. The predicted molar refractivity (Wildman–Crippen MR) is 212 cm³/mol. The van der Waals surface area contributed by atoms with Crippen molar-refractivity contribution in [3.8, 4) is 5.75 Å². The van der Waals surface area contributed by atoms with Crippen molar-refractivity contribution in [2.75, 3.05) is 51.3 Å². The lowest BCUT2D eigenvalue weighted by molar-refractivity contribution is -0.137. The molecule has 4 aliphatic rings. The van der Waals surface area contributed by atoms with Crippen LogP contribution in [0.1, 0.15) is 86.8 Å². The first-order valence-electron chi connectivity index (χ1n) is 20.0. The molecule has 3 fully saturated rings. The number of imidazole rings is 1. The lowest BCUT2D eigenvalue weighted by atomic mass is 9.86. The number of nitrogens with one attached hydrogen (secondary N) is 2. The maximum Gasteiger partial charge on any atom is 0.416 e. The normalized spacial score (nSPS) is 21.8. The highest BCUT2D eigenvalue weighted by Gasteiger charge is 2.44. The van der Waals surface area contributed by atoms with Gasteiger partial charge in [0, 0.05) is 63.2 Å². The van der Waals surface area contributed by atoms with E-state index in [4.69, 9.17) is 9.72 Å². The molecule has 0 spiro atoms. The number of fused-ring (bicyclic) bond motifs is 2. The summed E-state index contributed by atoms with van der Waals surface area (Å²) in [4.78, 5) is 62.6. The molecule has 3 N–H and O–H groups in total. The number of allylic oxidation sites excluding steroid dienone is 1. The second-order valence-electron chi connectivity index (χ2n) is 15.8. The Bertz CT molecular complexity index is 2290. The third-order valence-corrected chi connectivity index (χ3v) is 11.9. The Morgan fingerprint density at radius 3 is 2.39 bits per heavy atom. The van der Waals surface area contributed by atoms with Crippen molar-refractivity contribution in [3.63, 3.8) is 0 Å². The van der Waals surface area contributed by atoms with Gasteiger partial charge in [0.25, 0.3) is 17.7 Å². The minimum atomic E-state index is -4.58. The molecule has 1 atom stereocenters. The summed E-state index contributed by atoms with van der Waals surface area (Å²) >= 11 is 0. The number of benzene rings is 3. The first kappa shape index (κ1) is 40.2. The van der Waals surface area contributed by atoms with Gasteiger partial charge < -0.3 is 19.7 Å². The number of halogens is 3. The van der Waals surface area contributed by atoms with Gasteiger partial charge in [0.1, 0.15) is 18.4 Å². The van der Waals surface area contributed by atoms with E-state index >= 15 is 0 Å². The fraction of sp³-hybridized carbons (Fsp3) is 0.419. The summed E-state index contributed by atoms with van der Waals surface area (Å²) in [6.07, 6.45) is -0.589. The number of aliphatic hydroxyl groups is 1. The second-order valence-corrected chi connectivity index (χ2v) is 15.8. The molecule has 4 amide bonds. The van der Waals surface area contributed by atoms with E-state index < -0.39 is 41.4 Å². The fourth-order valence-electron chi connectivity index (χ4n) is 8.64. The van der Waals surface area contributed by atoms with E-state index in [0.29, 0.717) is 49.5 Å². The topological polar surface area (TPSA) is 149 Å². The van der Waals surface area contributed by atoms with E-state index in [9.17, 15) is 37.5 Å². The Kier molecular flexibility index (Phi) is 11.3. The SMILES string of the molecule is C=C1CCC(N2C(=O)c3ccc(OCCN4CCN(Cc5ccc6c(c5)nc(NC(=O)c5cccc(C(F)(F)F)c5)n6C5CCC(CO)CC5)CC4)cc3C2=O)C(=O)N1. The zero-order valence-corrected chi connectivity index (χ0v) is 32.5. The Balaban J connectivity index is 0.874. The van der Waals surface area contributed by atoms with E-state index in [0.717, 1.165) is 80.0 Å². The monoisotopic (exact) mass is 813 g/mol. The molecule has 1 saturated carbocycles. The Hall–Kier alpha value is -5.58. The predicted octanol–water partition coefficient (Wildman–Crippen LogP) is 5.62. The molecule has 1 aromatic heterocycles. The van der Waals surface area contributed by atoms with Gasteiger partial charge in [-0.1, -0.05) is 18.7 Å². The number of piperazine rings is 1. The molecule has 0 bridgehead atoms. The highest BCUT2D eigenvalue weighted by atomic mass is 19.4. The quantitative estimate of drug-likeness (QED) is 0.164. The molecule has 59 heavy (non-hydrogen) atoms. The number of carbonyl (C=O) groups is 4. The standard InChI is InChI=1S/C43H46F3N7O6/c1-26-5-13-37(39(56)47-26)53-40(57)33-12-11-32(23-34(33)41(53)58)59-20-19-50-15-17-51(18-16-50)24-28-8-14-36-35(21-28)48-42(52(36)31-9-6-27(25-54)7-10-31)49-38(55)29-3-2-4-30(22-29)43(44,45)46/h2-4,8,11-12,14,21-23,27,31,37,54H,1,5-7,9-10,13,15-20,24-25H2,(H,47,56)(H,48,49,55). The van der Waals surface area contributed by atoms with Gasteiger partial charge in [0.2, 0.25) is 11.9 Å². The summed E-state index contributed by atoms with van der Waals surface area (Å²) in [7, 11) is 0. The van der Waals surface area contributed by atoms with Crippen LogP contribution in [0.5, 0.6) is 5.75 Å². The van der Waals surface area contributed by atoms with Crippen LogP contribution in [-0.4, -0.2) is 105 Å². The number of alkyl halides is 3. The van der Waals surface area contributed by atoms with E-state index in [-0.39, 0.29) is 41.2 Å². The molecule has 4 aromatic rings. The summed E-state index contributed by atoms with van der Waals surface area (Å²) in [5, 5.41) is 15.2. The summed E-state index contributed by atoms with van der Waals surface area (Å²) in [5.74, 6) is -1.11. The molecule has 3 aliphatic heterocycles. The van der Waals surface area contributed by atoms with Crippen LogP contribution in [0, 0.1) is 5.92 Å². The summed E-state index contributed by atoms with van der Waals surface area (Å²) in [6.45, 7) is 8.84. The molecule has 1 unspecified atom stereocenters. The number of piperidine rings is 1. The largest absolute Gasteiger partial charge is 0.492 e. The maximum atomic E-state index is 13.4. The van der Waals surface area contributed by atoms with Gasteiger partial charge in [-0.05, 0) is 98.5 Å². The average molecular weight is 814 g/mol. The molecule has 8 rings (SSSR count). The molecule has 1 aliphatic carbocycles. The molecule has 0 radical (unpaired) electrons. The van der Waals surface area contributed by atoms with Gasteiger partial charge in [-0.25, -0.2) is 4.98 Å². The summed E-state index contributed by atoms with van der Waals surface area (Å²) < 4.78 is 48.2. The van der Waals surface area contributed by atoms with Crippen LogP contribution < -0.4 is 15.4 Å². The van der Waals surface area contributed by atoms with Gasteiger partial charge in [-0.3, -0.25) is 39.2 Å². The highest BCUT2D eigenvalue weighted by Crippen LogP contribution is 2.38. The minimum Gasteiger partial charge on any atom is -0.492 e. The zero-order valence-electron chi connectivity index (χ0n) is 32.5. The number of aliphatic hydroxyl groups excluding tert-OH is 1. The average Bonchev–Trinajstić information content (AvgIpc) is 3.70. The number of ether oxygens (including phenoxy) is 1. The van der Waals surface area contributed by atoms with Crippen molar-refractivity contribution in [1.29, 1.82) is 0 Å². The molecule has 310 valence electrons. The zero-order chi connectivity index (χ0) is 41.4. The van der Waals surface area contributed by atoms with E-state index in [1.54, 1.807) is 18.2 Å². The molecule has 4 heterocycles. The molecule has 13 nitrogen and oxygen atoms in total. The molecular formula is C43H46F3N7O6. The lowest BCUT2D eigenvalue weighted by Crippen LogP contribution is -2.51. The second kappa shape index (κ2) is 16.6. The summed E-state index contributed by atoms with van der Waals surface area (Å²) in [5.41, 5.74) is 2.58. The molecule has 2 saturated heterocycles. The number of hydrogen-bond acceptors (Lipinski definition) is 9. The first-order valence-corrected chi connectivity index (χ1v) is 20.0. The number of hydrogen-bond donors (Lipinski definition) is 3. The van der Waals surface area contributed by atoms with Crippen molar-refractivity contribution in [2.24, 2.45) is 5.92 Å². The molecule has 16 heteroatoms. The van der Waals surface area contributed by atoms with Crippen LogP contribution in [0.2, 0.25) is 0 Å². The van der Waals surface area contributed by atoms with Gasteiger partial charge in [0.15, 0.2) is 0 Å². The third-order valence-electron chi connectivity index (χ3n) is 11.9. The smallest absolute Gasteiger partial charge is 0.416 e. The van der Waals surface area contributed by atoms with Crippen molar-refractivity contribution >= 4 is 40.6 Å². The van der Waals surface area contributed by atoms with Crippen LogP contribution in [0.3, 0.4) is 0 Å². The van der Waals surface area contributed by atoms with Crippen LogP contribution in [-0.2, 0) is 17.5 Å². The van der Waals surface area contributed by atoms with Gasteiger partial charge in [-0.2, -0.15) is 13.2 Å². The Labute approximate surface area is 338 Å². The molecule has 3 aromatic carbocycles. The fourth-order valence-corrected chi connectivity index (χ4v) is 8.64. The number of rotatable bonds is 11. The van der Waals surface area contributed by atoms with Crippen molar-refractivity contribution < 1.29 is 42.2 Å². The maximum absolute atomic E-state index is 13.4. The number of nitrogens with zero attached hydrogens (tertiary/aromatic N) is 5.